The molecule has 1 N–H and O–H groups in total. The van der Waals surface area contributed by atoms with Crippen molar-refractivity contribution >= 4 is 5.91 Å². The Bertz CT molecular complexity index is 213. The Morgan fingerprint density at radius 2 is 1.25 bits per heavy atom. The normalized spacial score (nSPS) is 25.0. The van der Waals surface area contributed by atoms with E-state index in [1.165, 1.54) is 57.8 Å². The topological polar surface area (TPSA) is 29.1 Å². The molecule has 0 saturated heterocycles. The van der Waals surface area contributed by atoms with Gasteiger partial charge < -0.3 is 5.32 Å². The van der Waals surface area contributed by atoms with E-state index >= 15 is 0 Å². The Kier molecular flexibility index (Phi) is 4.68. The average molecular weight is 223 g/mol. The molecule has 2 nitrogen and oxygen atoms in total. The van der Waals surface area contributed by atoms with Gasteiger partial charge in [0.15, 0.2) is 0 Å². The first-order valence-electron chi connectivity index (χ1n) is 7.16. The molecule has 0 radical (unpaired) electrons. The molecule has 2 aliphatic carbocycles. The van der Waals surface area contributed by atoms with Crippen molar-refractivity contribution < 1.29 is 4.79 Å². The van der Waals surface area contributed by atoms with E-state index in [0.29, 0.717) is 17.9 Å². The molecule has 0 aromatic rings. The average Bonchev–Trinajstić information content (AvgIpc) is 2.59. The number of rotatable bonds is 2. The van der Waals surface area contributed by atoms with Gasteiger partial charge in [0.25, 0.3) is 0 Å². The molecule has 0 spiro atoms. The quantitative estimate of drug-likeness (QED) is 0.714. The van der Waals surface area contributed by atoms with Gasteiger partial charge in [0.05, 0.1) is 0 Å². The van der Waals surface area contributed by atoms with Crippen LogP contribution in [0.2, 0.25) is 0 Å². The van der Waals surface area contributed by atoms with Crippen molar-refractivity contribution in [2.24, 2.45) is 5.92 Å². The maximum Gasteiger partial charge on any atom is 0.223 e. The first-order valence-corrected chi connectivity index (χ1v) is 7.16. The fourth-order valence-corrected chi connectivity index (χ4v) is 3.11. The van der Waals surface area contributed by atoms with E-state index in [4.69, 9.17) is 0 Å². The Balaban J connectivity index is 1.76. The molecule has 0 unspecified atom stereocenters. The molecule has 1 amide bonds. The zero-order chi connectivity index (χ0) is 11.2. The van der Waals surface area contributed by atoms with Gasteiger partial charge in [-0.05, 0) is 25.7 Å². The zero-order valence-corrected chi connectivity index (χ0v) is 10.3. The molecule has 0 bridgehead atoms. The maximum absolute atomic E-state index is 12.1. The number of amides is 1. The third kappa shape index (κ3) is 3.50. The Hall–Kier alpha value is -0.530. The Morgan fingerprint density at radius 3 is 1.88 bits per heavy atom. The Labute approximate surface area is 99.2 Å². The van der Waals surface area contributed by atoms with Crippen LogP contribution in [0.4, 0.5) is 0 Å². The second kappa shape index (κ2) is 6.27. The van der Waals surface area contributed by atoms with Crippen molar-refractivity contribution in [2.45, 2.75) is 76.7 Å². The molecule has 0 heterocycles. The molecule has 0 aromatic heterocycles. The first kappa shape index (κ1) is 11.9. The van der Waals surface area contributed by atoms with Crippen LogP contribution in [0.1, 0.15) is 70.6 Å². The number of hydrogen-bond acceptors (Lipinski definition) is 1. The summed E-state index contributed by atoms with van der Waals surface area (Å²) in [5.41, 5.74) is 0. The molecule has 0 aliphatic heterocycles. The van der Waals surface area contributed by atoms with Crippen LogP contribution in [0.25, 0.3) is 0 Å². The van der Waals surface area contributed by atoms with Gasteiger partial charge in [-0.1, -0.05) is 44.9 Å². The molecule has 2 rings (SSSR count). The highest BCUT2D eigenvalue weighted by Crippen LogP contribution is 2.24. The lowest BCUT2D eigenvalue weighted by atomic mass is 9.93. The van der Waals surface area contributed by atoms with Crippen molar-refractivity contribution in [3.05, 3.63) is 0 Å². The lowest BCUT2D eigenvalue weighted by molar-refractivity contribution is -0.126. The molecule has 0 atom stereocenters. The first-order chi connectivity index (χ1) is 7.86. The maximum atomic E-state index is 12.1. The minimum atomic E-state index is 0.324. The summed E-state index contributed by atoms with van der Waals surface area (Å²) in [7, 11) is 0. The molecule has 0 aromatic carbocycles. The van der Waals surface area contributed by atoms with E-state index in [9.17, 15) is 4.79 Å². The van der Waals surface area contributed by atoms with Crippen molar-refractivity contribution in [3.8, 4) is 0 Å². The molecule has 92 valence electrons. The summed E-state index contributed by atoms with van der Waals surface area (Å²) in [4.78, 5) is 12.1. The second-order valence-corrected chi connectivity index (χ2v) is 5.53. The van der Waals surface area contributed by atoms with Crippen molar-refractivity contribution in [3.63, 3.8) is 0 Å². The summed E-state index contributed by atoms with van der Waals surface area (Å²) in [6, 6.07) is 0.490. The second-order valence-electron chi connectivity index (χ2n) is 5.53. The van der Waals surface area contributed by atoms with Crippen LogP contribution >= 0.6 is 0 Å². The van der Waals surface area contributed by atoms with Gasteiger partial charge in [-0.3, -0.25) is 4.79 Å². The highest BCUT2D eigenvalue weighted by atomic mass is 16.1. The van der Waals surface area contributed by atoms with Crippen LogP contribution in [-0.4, -0.2) is 11.9 Å². The van der Waals surface area contributed by atoms with Gasteiger partial charge in [0, 0.05) is 12.0 Å². The van der Waals surface area contributed by atoms with Gasteiger partial charge in [-0.2, -0.15) is 0 Å². The van der Waals surface area contributed by atoms with Crippen molar-refractivity contribution in [1.82, 2.24) is 5.32 Å². The van der Waals surface area contributed by atoms with Crippen LogP contribution in [0.3, 0.4) is 0 Å². The van der Waals surface area contributed by atoms with E-state index in [0.717, 1.165) is 12.8 Å². The third-order valence-corrected chi connectivity index (χ3v) is 4.18. The summed E-state index contributed by atoms with van der Waals surface area (Å²) in [5.74, 6) is 0.679. The highest BCUT2D eigenvalue weighted by molar-refractivity contribution is 5.78. The van der Waals surface area contributed by atoms with Crippen LogP contribution < -0.4 is 5.32 Å². The van der Waals surface area contributed by atoms with E-state index < -0.39 is 0 Å². The SMILES string of the molecule is O=C(NC1CCCCC1)C1CCCCCC1. The third-order valence-electron chi connectivity index (χ3n) is 4.18. The number of hydrogen-bond donors (Lipinski definition) is 1. The zero-order valence-electron chi connectivity index (χ0n) is 10.3. The van der Waals surface area contributed by atoms with Crippen molar-refractivity contribution in [1.29, 1.82) is 0 Å². The molecule has 2 aliphatic rings. The fraction of sp³-hybridized carbons (Fsp3) is 0.929. The number of nitrogens with one attached hydrogen (secondary N) is 1. The van der Waals surface area contributed by atoms with Crippen LogP contribution in [0.15, 0.2) is 0 Å². The summed E-state index contributed by atoms with van der Waals surface area (Å²) < 4.78 is 0. The highest BCUT2D eigenvalue weighted by Gasteiger charge is 2.23. The summed E-state index contributed by atoms with van der Waals surface area (Å²) in [6.45, 7) is 0. The predicted octanol–water partition coefficient (Wildman–Crippen LogP) is 3.41. The summed E-state index contributed by atoms with van der Waals surface area (Å²) in [6.07, 6.45) is 13.8. The minimum absolute atomic E-state index is 0.324. The lowest BCUT2D eigenvalue weighted by Gasteiger charge is -2.25. The largest absolute Gasteiger partial charge is 0.353 e. The number of carbonyl (C=O) groups is 1. The van der Waals surface area contributed by atoms with Gasteiger partial charge in [0.2, 0.25) is 5.91 Å². The molecule has 2 fully saturated rings. The number of carbonyl (C=O) groups excluding carboxylic acids is 1. The van der Waals surface area contributed by atoms with Gasteiger partial charge in [-0.15, -0.1) is 0 Å². The standard InChI is InChI=1S/C14H25NO/c16-14(12-8-4-1-2-5-9-12)15-13-10-6-3-7-11-13/h12-13H,1-11H2,(H,15,16). The van der Waals surface area contributed by atoms with E-state index in [2.05, 4.69) is 5.32 Å². The van der Waals surface area contributed by atoms with Crippen molar-refractivity contribution in [2.75, 3.05) is 0 Å². The summed E-state index contributed by atoms with van der Waals surface area (Å²) >= 11 is 0. The van der Waals surface area contributed by atoms with Gasteiger partial charge in [0.1, 0.15) is 0 Å². The molecular weight excluding hydrogens is 198 g/mol. The lowest BCUT2D eigenvalue weighted by Crippen LogP contribution is -2.39. The molecule has 2 heteroatoms. The monoisotopic (exact) mass is 223 g/mol. The Morgan fingerprint density at radius 1 is 0.750 bits per heavy atom. The van der Waals surface area contributed by atoms with E-state index in [1.807, 2.05) is 0 Å². The van der Waals surface area contributed by atoms with Crippen LogP contribution in [0.5, 0.6) is 0 Å². The fourth-order valence-electron chi connectivity index (χ4n) is 3.11. The van der Waals surface area contributed by atoms with Crippen LogP contribution in [-0.2, 0) is 4.79 Å². The minimum Gasteiger partial charge on any atom is -0.353 e. The van der Waals surface area contributed by atoms with E-state index in [1.54, 1.807) is 0 Å². The van der Waals surface area contributed by atoms with Gasteiger partial charge >= 0.3 is 0 Å². The summed E-state index contributed by atoms with van der Waals surface area (Å²) in [5, 5.41) is 3.28. The molecular formula is C14H25NO. The van der Waals surface area contributed by atoms with Crippen LogP contribution in [0, 0.1) is 5.92 Å². The van der Waals surface area contributed by atoms with Gasteiger partial charge in [-0.25, -0.2) is 0 Å². The molecule has 2 saturated carbocycles. The smallest absolute Gasteiger partial charge is 0.223 e. The van der Waals surface area contributed by atoms with E-state index in [-0.39, 0.29) is 0 Å². The predicted molar refractivity (Wildman–Crippen MR) is 66.2 cm³/mol. The molecule has 16 heavy (non-hydrogen) atoms.